The Morgan fingerprint density at radius 2 is 1.88 bits per heavy atom. The molecular weight excluding hydrogens is 302 g/mol. The van der Waals surface area contributed by atoms with Crippen LogP contribution in [0.2, 0.25) is 0 Å². The van der Waals surface area contributed by atoms with E-state index in [2.05, 4.69) is 20.4 Å². The first kappa shape index (κ1) is 14.1. The summed E-state index contributed by atoms with van der Waals surface area (Å²) in [5.41, 5.74) is 0.552. The van der Waals surface area contributed by atoms with Gasteiger partial charge in [0.1, 0.15) is 12.7 Å². The average Bonchev–Trinajstić information content (AvgIpc) is 3.10. The van der Waals surface area contributed by atoms with Crippen LogP contribution in [0.1, 0.15) is 38.5 Å². The van der Waals surface area contributed by atoms with Crippen LogP contribution in [0.25, 0.3) is 0 Å². The fourth-order valence-electron chi connectivity index (χ4n) is 5.90. The SMILES string of the molecule is O=C(Nc1ccncc1)C12C[C@H]3C[C@@H](C1)CC(n1cncn1)(C3)C2. The molecule has 2 heterocycles. The zero-order valence-corrected chi connectivity index (χ0v) is 13.6. The summed E-state index contributed by atoms with van der Waals surface area (Å²) >= 11 is 0. The molecular formula is C18H21N5O. The van der Waals surface area contributed by atoms with Crippen LogP contribution in [0, 0.1) is 17.3 Å². The van der Waals surface area contributed by atoms with Crippen LogP contribution in [0.5, 0.6) is 0 Å². The maximum absolute atomic E-state index is 13.2. The van der Waals surface area contributed by atoms with Gasteiger partial charge < -0.3 is 5.32 Å². The first-order valence-electron chi connectivity index (χ1n) is 8.74. The van der Waals surface area contributed by atoms with E-state index in [1.54, 1.807) is 18.7 Å². The van der Waals surface area contributed by atoms with Crippen molar-refractivity contribution < 1.29 is 4.79 Å². The minimum absolute atomic E-state index is 0.0177. The number of carbonyl (C=O) groups excluding carboxylic acids is 1. The first-order valence-corrected chi connectivity index (χ1v) is 8.74. The number of amides is 1. The van der Waals surface area contributed by atoms with Crippen LogP contribution in [0.4, 0.5) is 5.69 Å². The Hall–Kier alpha value is -2.24. The van der Waals surface area contributed by atoms with Gasteiger partial charge in [-0.25, -0.2) is 9.67 Å². The van der Waals surface area contributed by atoms with E-state index >= 15 is 0 Å². The van der Waals surface area contributed by atoms with Crippen LogP contribution >= 0.6 is 0 Å². The largest absolute Gasteiger partial charge is 0.325 e. The molecule has 4 atom stereocenters. The molecule has 2 aromatic heterocycles. The lowest BCUT2D eigenvalue weighted by atomic mass is 9.46. The zero-order valence-electron chi connectivity index (χ0n) is 13.6. The minimum Gasteiger partial charge on any atom is -0.325 e. The molecule has 4 aliphatic rings. The first-order chi connectivity index (χ1) is 11.7. The number of aromatic nitrogens is 4. The van der Waals surface area contributed by atoms with Gasteiger partial charge in [-0.05, 0) is 62.5 Å². The smallest absolute Gasteiger partial charge is 0.230 e. The van der Waals surface area contributed by atoms with Crippen molar-refractivity contribution in [1.82, 2.24) is 19.7 Å². The Morgan fingerprint density at radius 3 is 2.54 bits per heavy atom. The Morgan fingerprint density at radius 1 is 1.12 bits per heavy atom. The maximum atomic E-state index is 13.2. The summed E-state index contributed by atoms with van der Waals surface area (Å²) in [5.74, 6) is 1.42. The van der Waals surface area contributed by atoms with Crippen molar-refractivity contribution in [2.75, 3.05) is 5.32 Å². The summed E-state index contributed by atoms with van der Waals surface area (Å²) in [7, 11) is 0. The molecule has 0 radical (unpaired) electrons. The van der Waals surface area contributed by atoms with Gasteiger partial charge in [-0.2, -0.15) is 5.10 Å². The van der Waals surface area contributed by atoms with Gasteiger partial charge in [-0.1, -0.05) is 0 Å². The molecule has 4 aliphatic carbocycles. The monoisotopic (exact) mass is 323 g/mol. The third kappa shape index (κ3) is 2.01. The highest BCUT2D eigenvalue weighted by Gasteiger charge is 2.61. The van der Waals surface area contributed by atoms with E-state index in [9.17, 15) is 4.79 Å². The lowest BCUT2D eigenvalue weighted by Crippen LogP contribution is -2.60. The quantitative estimate of drug-likeness (QED) is 0.942. The molecule has 0 saturated heterocycles. The molecule has 2 aromatic rings. The fourth-order valence-corrected chi connectivity index (χ4v) is 5.90. The molecule has 0 aliphatic heterocycles. The van der Waals surface area contributed by atoms with Crippen LogP contribution in [0.3, 0.4) is 0 Å². The average molecular weight is 323 g/mol. The van der Waals surface area contributed by atoms with Gasteiger partial charge in [-0.15, -0.1) is 0 Å². The number of nitrogens with zero attached hydrogens (tertiary/aromatic N) is 4. The van der Waals surface area contributed by atoms with Crippen LogP contribution < -0.4 is 5.32 Å². The second kappa shape index (κ2) is 4.88. The van der Waals surface area contributed by atoms with E-state index in [1.807, 2.05) is 23.1 Å². The molecule has 0 spiro atoms. The van der Waals surface area contributed by atoms with Crippen molar-refractivity contribution in [3.8, 4) is 0 Å². The van der Waals surface area contributed by atoms with E-state index in [1.165, 1.54) is 6.42 Å². The van der Waals surface area contributed by atoms with Crippen LogP contribution in [-0.4, -0.2) is 25.7 Å². The number of hydrogen-bond acceptors (Lipinski definition) is 4. The third-order valence-corrected chi connectivity index (χ3v) is 6.35. The second-order valence-electron chi connectivity index (χ2n) is 8.00. The summed E-state index contributed by atoms with van der Waals surface area (Å²) < 4.78 is 2.04. The van der Waals surface area contributed by atoms with Crippen molar-refractivity contribution >= 4 is 11.6 Å². The molecule has 4 saturated carbocycles. The van der Waals surface area contributed by atoms with Crippen molar-refractivity contribution in [3.63, 3.8) is 0 Å². The molecule has 1 N–H and O–H groups in total. The van der Waals surface area contributed by atoms with E-state index in [0.29, 0.717) is 11.8 Å². The summed E-state index contributed by atoms with van der Waals surface area (Å²) in [4.78, 5) is 21.4. The number of anilines is 1. The zero-order chi connectivity index (χ0) is 16.2. The molecule has 6 nitrogen and oxygen atoms in total. The Bertz CT molecular complexity index is 743. The summed E-state index contributed by atoms with van der Waals surface area (Å²) in [6, 6.07) is 3.71. The van der Waals surface area contributed by atoms with Crippen molar-refractivity contribution in [2.24, 2.45) is 17.3 Å². The molecule has 0 aromatic carbocycles. The summed E-state index contributed by atoms with van der Waals surface area (Å²) in [6.07, 6.45) is 13.3. The van der Waals surface area contributed by atoms with Crippen molar-refractivity contribution in [1.29, 1.82) is 0 Å². The van der Waals surface area contributed by atoms with Gasteiger partial charge in [0.05, 0.1) is 11.0 Å². The molecule has 1 amide bonds. The van der Waals surface area contributed by atoms with E-state index in [-0.39, 0.29) is 16.9 Å². The molecule has 4 fully saturated rings. The number of pyridine rings is 1. The molecule has 4 bridgehead atoms. The summed E-state index contributed by atoms with van der Waals surface area (Å²) in [6.45, 7) is 0. The van der Waals surface area contributed by atoms with E-state index in [4.69, 9.17) is 0 Å². The highest BCUT2D eigenvalue weighted by molar-refractivity contribution is 5.95. The predicted octanol–water partition coefficient (Wildman–Crippen LogP) is 2.61. The van der Waals surface area contributed by atoms with Crippen molar-refractivity contribution in [2.45, 2.75) is 44.1 Å². The third-order valence-electron chi connectivity index (χ3n) is 6.35. The Balaban J connectivity index is 1.48. The topological polar surface area (TPSA) is 72.7 Å². The fraction of sp³-hybridized carbons (Fsp3) is 0.556. The molecule has 2 unspecified atom stereocenters. The highest BCUT2D eigenvalue weighted by Crippen LogP contribution is 2.64. The maximum Gasteiger partial charge on any atom is 0.230 e. The van der Waals surface area contributed by atoms with Gasteiger partial charge >= 0.3 is 0 Å². The summed E-state index contributed by atoms with van der Waals surface area (Å²) in [5, 5.41) is 7.58. The molecule has 6 heteroatoms. The normalized spacial score (nSPS) is 36.7. The molecule has 6 rings (SSSR count). The van der Waals surface area contributed by atoms with Crippen LogP contribution in [0.15, 0.2) is 37.2 Å². The number of rotatable bonds is 3. The Kier molecular flexibility index (Phi) is 2.87. The number of carbonyl (C=O) groups is 1. The van der Waals surface area contributed by atoms with Gasteiger partial charge in [0.2, 0.25) is 5.91 Å². The minimum atomic E-state index is -0.265. The lowest BCUT2D eigenvalue weighted by Gasteiger charge is -2.60. The van der Waals surface area contributed by atoms with Gasteiger partial charge in [0.15, 0.2) is 0 Å². The van der Waals surface area contributed by atoms with E-state index < -0.39 is 0 Å². The molecule has 24 heavy (non-hydrogen) atoms. The van der Waals surface area contributed by atoms with Gasteiger partial charge in [0.25, 0.3) is 0 Å². The lowest BCUT2D eigenvalue weighted by molar-refractivity contribution is -0.150. The second-order valence-corrected chi connectivity index (χ2v) is 8.00. The molecule has 124 valence electrons. The number of nitrogens with one attached hydrogen (secondary N) is 1. The van der Waals surface area contributed by atoms with Gasteiger partial charge in [0, 0.05) is 18.1 Å². The Labute approximate surface area is 140 Å². The van der Waals surface area contributed by atoms with Gasteiger partial charge in [-0.3, -0.25) is 9.78 Å². The highest BCUT2D eigenvalue weighted by atomic mass is 16.2. The van der Waals surface area contributed by atoms with E-state index in [0.717, 1.165) is 37.8 Å². The standard InChI is InChI=1S/C18H21N5O/c24-16(22-15-1-3-19-4-2-15)17-6-13-5-14(7-17)9-18(8-13,10-17)23-12-20-11-21-23/h1-4,11-14H,5-10H2,(H,19,22,24)/t13-,14+,17?,18?. The van der Waals surface area contributed by atoms with Crippen molar-refractivity contribution in [3.05, 3.63) is 37.2 Å². The van der Waals surface area contributed by atoms with Crippen LogP contribution in [-0.2, 0) is 10.3 Å². The number of hydrogen-bond donors (Lipinski definition) is 1. The predicted molar refractivity (Wildman–Crippen MR) is 88.0 cm³/mol.